The molecule has 1 aliphatic heterocycles. The van der Waals surface area contributed by atoms with Gasteiger partial charge < -0.3 is 20.8 Å². The number of likely N-dealkylation sites (N-methyl/N-ethyl adjacent to an activating group) is 1. The Morgan fingerprint density at radius 3 is 2.25 bits per heavy atom. The maximum Gasteiger partial charge on any atom is 0.328 e. The van der Waals surface area contributed by atoms with E-state index in [1.807, 2.05) is 6.07 Å². The molecule has 1 aromatic heterocycles. The van der Waals surface area contributed by atoms with Crippen LogP contribution in [-0.4, -0.2) is 69.2 Å². The van der Waals surface area contributed by atoms with Gasteiger partial charge in [-0.1, -0.05) is 13.8 Å². The molecule has 9 nitrogen and oxygen atoms in total. The number of rotatable bonds is 6. The van der Waals surface area contributed by atoms with Crippen molar-refractivity contribution in [1.82, 2.24) is 14.9 Å². The van der Waals surface area contributed by atoms with Gasteiger partial charge in [-0.25, -0.2) is 14.6 Å². The molecule has 0 aliphatic carbocycles. The van der Waals surface area contributed by atoms with Crippen LogP contribution in [0.4, 0.5) is 11.8 Å². The summed E-state index contributed by atoms with van der Waals surface area (Å²) in [6.07, 6.45) is 2.83. The summed E-state index contributed by atoms with van der Waals surface area (Å²) in [6, 6.07) is 2.57. The molecule has 0 saturated carbocycles. The second-order valence-electron chi connectivity index (χ2n) is 5.06. The van der Waals surface area contributed by atoms with Crippen molar-refractivity contribution in [3.63, 3.8) is 0 Å². The predicted molar refractivity (Wildman–Crippen MR) is 89.8 cm³/mol. The van der Waals surface area contributed by atoms with E-state index in [-0.39, 0.29) is 0 Å². The molecule has 0 radical (unpaired) electrons. The summed E-state index contributed by atoms with van der Waals surface area (Å²) in [5.74, 6) is -1.22. The van der Waals surface area contributed by atoms with Crippen molar-refractivity contribution < 1.29 is 19.8 Å². The molecule has 0 amide bonds. The predicted octanol–water partition coefficient (Wildman–Crippen LogP) is 0.301. The minimum atomic E-state index is -1.26. The zero-order chi connectivity index (χ0) is 18.1. The Kier molecular flexibility index (Phi) is 7.63. The van der Waals surface area contributed by atoms with Gasteiger partial charge in [0, 0.05) is 37.5 Å². The fourth-order valence-electron chi connectivity index (χ4n) is 2.30. The van der Waals surface area contributed by atoms with Crippen LogP contribution in [0, 0.1) is 0 Å². The highest BCUT2D eigenvalue weighted by Crippen LogP contribution is 2.21. The van der Waals surface area contributed by atoms with Gasteiger partial charge in [0.25, 0.3) is 0 Å². The smallest absolute Gasteiger partial charge is 0.328 e. The zero-order valence-electron chi connectivity index (χ0n) is 13.8. The maximum atomic E-state index is 9.55. The number of carboxylic acids is 2. The molecule has 0 aromatic carbocycles. The first-order valence-corrected chi connectivity index (χ1v) is 7.58. The van der Waals surface area contributed by atoms with E-state index in [9.17, 15) is 9.59 Å². The van der Waals surface area contributed by atoms with Gasteiger partial charge in [-0.15, -0.1) is 0 Å². The average molecular weight is 337 g/mol. The Hall–Kier alpha value is -2.68. The number of aromatic nitrogens is 2. The van der Waals surface area contributed by atoms with Gasteiger partial charge in [-0.3, -0.25) is 4.90 Å². The van der Waals surface area contributed by atoms with E-state index in [1.165, 1.54) is 0 Å². The van der Waals surface area contributed by atoms with Gasteiger partial charge in [0.05, 0.1) is 0 Å². The number of nitrogen functional groups attached to an aromatic ring is 1. The Morgan fingerprint density at radius 2 is 1.83 bits per heavy atom. The van der Waals surface area contributed by atoms with Crippen molar-refractivity contribution in [3.8, 4) is 0 Å². The lowest BCUT2D eigenvalue weighted by Gasteiger charge is -2.45. The summed E-state index contributed by atoms with van der Waals surface area (Å²) in [5.41, 5.74) is 5.56. The molecule has 24 heavy (non-hydrogen) atoms. The van der Waals surface area contributed by atoms with Gasteiger partial charge in [0.15, 0.2) is 0 Å². The van der Waals surface area contributed by atoms with E-state index in [1.54, 1.807) is 6.20 Å². The molecule has 9 heteroatoms. The largest absolute Gasteiger partial charge is 0.478 e. The molecule has 2 rings (SSSR count). The maximum absolute atomic E-state index is 9.55. The first-order chi connectivity index (χ1) is 11.4. The molecule has 4 N–H and O–H groups in total. The monoisotopic (exact) mass is 337 g/mol. The Labute approximate surface area is 140 Å². The lowest BCUT2D eigenvalue weighted by atomic mass is 10.1. The van der Waals surface area contributed by atoms with Gasteiger partial charge >= 0.3 is 11.9 Å². The second kappa shape index (κ2) is 9.46. The molecule has 1 aliphatic rings. The Bertz CT molecular complexity index is 567. The number of carbonyl (C=O) groups is 2. The second-order valence-corrected chi connectivity index (χ2v) is 5.06. The number of aliphatic carboxylic acids is 2. The van der Waals surface area contributed by atoms with Crippen molar-refractivity contribution in [2.24, 2.45) is 0 Å². The highest BCUT2D eigenvalue weighted by molar-refractivity contribution is 5.89. The molecule has 0 bridgehead atoms. The van der Waals surface area contributed by atoms with Crippen LogP contribution < -0.4 is 10.6 Å². The standard InChI is InChI=1S/C11H19N5.C4H4O4/c1-3-15(4-2)9-7-16(8-9)10-5-6-13-11(12)14-10;5-3(6)1-2-4(7)8/h5-6,9H,3-4,7-8H2,1-2H3,(H2,12,13,14);1-2H,(H,5,6)(H,7,8)/b;2-1+. The Morgan fingerprint density at radius 1 is 1.29 bits per heavy atom. The quantitative estimate of drug-likeness (QED) is 0.627. The van der Waals surface area contributed by atoms with Crippen LogP contribution in [0.15, 0.2) is 24.4 Å². The van der Waals surface area contributed by atoms with Crippen molar-refractivity contribution in [1.29, 1.82) is 0 Å². The van der Waals surface area contributed by atoms with Crippen LogP contribution in [0.25, 0.3) is 0 Å². The van der Waals surface area contributed by atoms with Crippen LogP contribution in [0.1, 0.15) is 13.8 Å². The number of nitrogens with zero attached hydrogens (tertiary/aromatic N) is 4. The summed E-state index contributed by atoms with van der Waals surface area (Å²) in [4.78, 5) is 31.9. The molecule has 0 atom stereocenters. The zero-order valence-corrected chi connectivity index (χ0v) is 13.8. The van der Waals surface area contributed by atoms with Crippen LogP contribution in [0.3, 0.4) is 0 Å². The fourth-order valence-corrected chi connectivity index (χ4v) is 2.30. The summed E-state index contributed by atoms with van der Waals surface area (Å²) in [5, 5.41) is 15.6. The molecule has 2 heterocycles. The molecule has 132 valence electrons. The van der Waals surface area contributed by atoms with E-state index in [2.05, 4.69) is 33.6 Å². The van der Waals surface area contributed by atoms with E-state index < -0.39 is 11.9 Å². The van der Waals surface area contributed by atoms with Crippen LogP contribution in [-0.2, 0) is 9.59 Å². The molecule has 0 spiro atoms. The van der Waals surface area contributed by atoms with Crippen LogP contribution in [0.5, 0.6) is 0 Å². The average Bonchev–Trinajstić information content (AvgIpc) is 2.49. The van der Waals surface area contributed by atoms with Crippen LogP contribution in [0.2, 0.25) is 0 Å². The lowest BCUT2D eigenvalue weighted by molar-refractivity contribution is -0.134. The number of nitrogens with two attached hydrogens (primary N) is 1. The van der Waals surface area contributed by atoms with Crippen molar-refractivity contribution >= 4 is 23.7 Å². The SMILES string of the molecule is CCN(CC)C1CN(c2ccnc(N)n2)C1.O=C(O)/C=C/C(=O)O. The molecule has 1 fully saturated rings. The normalized spacial score (nSPS) is 14.2. The number of hydrogen-bond acceptors (Lipinski definition) is 7. The number of hydrogen-bond donors (Lipinski definition) is 3. The minimum absolute atomic E-state index is 0.351. The molecule has 0 unspecified atom stereocenters. The molecule has 1 aromatic rings. The molecular formula is C15H23N5O4. The van der Waals surface area contributed by atoms with E-state index >= 15 is 0 Å². The third-order valence-electron chi connectivity index (χ3n) is 3.54. The van der Waals surface area contributed by atoms with E-state index in [4.69, 9.17) is 15.9 Å². The fraction of sp³-hybridized carbons (Fsp3) is 0.467. The highest BCUT2D eigenvalue weighted by atomic mass is 16.4. The van der Waals surface area contributed by atoms with Gasteiger partial charge in [0.2, 0.25) is 5.95 Å². The Balaban J connectivity index is 0.000000307. The van der Waals surface area contributed by atoms with Gasteiger partial charge in [-0.2, -0.15) is 4.98 Å². The van der Waals surface area contributed by atoms with Gasteiger partial charge in [0.1, 0.15) is 5.82 Å². The number of anilines is 2. The first-order valence-electron chi connectivity index (χ1n) is 7.58. The third kappa shape index (κ3) is 6.21. The number of carboxylic acid groups (broad SMARTS) is 2. The summed E-state index contributed by atoms with van der Waals surface area (Å²) >= 11 is 0. The summed E-state index contributed by atoms with van der Waals surface area (Å²) < 4.78 is 0. The van der Waals surface area contributed by atoms with E-state index in [0.717, 1.165) is 32.0 Å². The minimum Gasteiger partial charge on any atom is -0.478 e. The third-order valence-corrected chi connectivity index (χ3v) is 3.54. The summed E-state index contributed by atoms with van der Waals surface area (Å²) in [6.45, 7) is 8.71. The first kappa shape index (κ1) is 19.4. The molecule has 1 saturated heterocycles. The van der Waals surface area contributed by atoms with Crippen molar-refractivity contribution in [2.45, 2.75) is 19.9 Å². The van der Waals surface area contributed by atoms with Crippen LogP contribution >= 0.6 is 0 Å². The van der Waals surface area contributed by atoms with Crippen molar-refractivity contribution in [3.05, 3.63) is 24.4 Å². The van der Waals surface area contributed by atoms with Crippen molar-refractivity contribution in [2.75, 3.05) is 36.8 Å². The summed E-state index contributed by atoms with van der Waals surface area (Å²) in [7, 11) is 0. The van der Waals surface area contributed by atoms with Gasteiger partial charge in [-0.05, 0) is 19.2 Å². The molecular weight excluding hydrogens is 314 g/mol. The lowest BCUT2D eigenvalue weighted by Crippen LogP contribution is -2.59. The highest BCUT2D eigenvalue weighted by Gasteiger charge is 2.31. The van der Waals surface area contributed by atoms with E-state index in [0.29, 0.717) is 24.1 Å². The topological polar surface area (TPSA) is 133 Å².